The van der Waals surface area contributed by atoms with Gasteiger partial charge in [0.15, 0.2) is 0 Å². The Morgan fingerprint density at radius 2 is 2.11 bits per heavy atom. The normalized spacial score (nSPS) is 24.9. The van der Waals surface area contributed by atoms with E-state index in [9.17, 15) is 9.59 Å². The summed E-state index contributed by atoms with van der Waals surface area (Å²) in [5.74, 6) is -1.22. The number of aliphatic carboxylic acids is 1. The minimum absolute atomic E-state index is 0.0673. The van der Waals surface area contributed by atoms with Crippen LogP contribution in [0.25, 0.3) is 0 Å². The maximum Gasteiger partial charge on any atom is 0.326 e. The van der Waals surface area contributed by atoms with Crippen LogP contribution in [-0.2, 0) is 9.59 Å². The van der Waals surface area contributed by atoms with E-state index >= 15 is 0 Å². The maximum atomic E-state index is 12.5. The summed E-state index contributed by atoms with van der Waals surface area (Å²) >= 11 is 0. The van der Waals surface area contributed by atoms with Crippen LogP contribution in [0.3, 0.4) is 0 Å². The van der Waals surface area contributed by atoms with Crippen molar-refractivity contribution in [3.63, 3.8) is 0 Å². The molecule has 0 aromatic heterocycles. The summed E-state index contributed by atoms with van der Waals surface area (Å²) in [5, 5.41) is 12.4. The van der Waals surface area contributed by atoms with Gasteiger partial charge >= 0.3 is 5.97 Å². The highest BCUT2D eigenvalue weighted by molar-refractivity contribution is 5.91. The van der Waals surface area contributed by atoms with E-state index in [4.69, 9.17) is 5.11 Å². The molecular weight excluding hydrogens is 244 g/mol. The molecule has 1 fully saturated rings. The first-order valence-electron chi connectivity index (χ1n) is 6.54. The van der Waals surface area contributed by atoms with Gasteiger partial charge in [-0.25, -0.2) is 4.79 Å². The number of carboxylic acids is 1. The number of benzene rings is 1. The Hall–Kier alpha value is -2.04. The van der Waals surface area contributed by atoms with Crippen LogP contribution in [-0.4, -0.2) is 41.0 Å². The number of nitrogens with zero attached hydrogens (tertiary/aromatic N) is 1. The molecule has 1 saturated heterocycles. The number of carbonyl (C=O) groups excluding carboxylic acids is 1. The standard InChI is InChI=1S/C14H16N2O3/c17-13(16-7-3-6-12(16)14(18)19)10-8-15-11-5-2-1-4-9(10)11/h1-2,4-5,10,12,15H,3,6-8H2,(H,18,19)/t10?,12-/m1/s1. The van der Waals surface area contributed by atoms with Gasteiger partial charge in [-0.3, -0.25) is 4.79 Å². The highest BCUT2D eigenvalue weighted by Crippen LogP contribution is 2.34. The van der Waals surface area contributed by atoms with Crippen LogP contribution in [0.1, 0.15) is 24.3 Å². The minimum Gasteiger partial charge on any atom is -0.480 e. The maximum absolute atomic E-state index is 12.5. The Morgan fingerprint density at radius 3 is 2.89 bits per heavy atom. The van der Waals surface area contributed by atoms with E-state index in [0.29, 0.717) is 19.5 Å². The predicted molar refractivity (Wildman–Crippen MR) is 70.0 cm³/mol. The number of amides is 1. The molecule has 1 aromatic carbocycles. The molecule has 2 aliphatic rings. The van der Waals surface area contributed by atoms with Gasteiger partial charge in [0.05, 0.1) is 5.92 Å². The third-order valence-corrected chi connectivity index (χ3v) is 3.95. The number of para-hydroxylation sites is 1. The zero-order chi connectivity index (χ0) is 13.4. The topological polar surface area (TPSA) is 69.6 Å². The lowest BCUT2D eigenvalue weighted by molar-refractivity contribution is -0.148. The summed E-state index contributed by atoms with van der Waals surface area (Å²) in [5.41, 5.74) is 1.95. The zero-order valence-corrected chi connectivity index (χ0v) is 10.5. The van der Waals surface area contributed by atoms with E-state index in [1.54, 1.807) is 0 Å². The van der Waals surface area contributed by atoms with Crippen LogP contribution in [0.2, 0.25) is 0 Å². The van der Waals surface area contributed by atoms with E-state index in [1.807, 2.05) is 24.3 Å². The number of hydrogen-bond acceptors (Lipinski definition) is 3. The lowest BCUT2D eigenvalue weighted by atomic mass is 9.99. The molecule has 5 heteroatoms. The van der Waals surface area contributed by atoms with Crippen LogP contribution in [0.15, 0.2) is 24.3 Å². The molecule has 1 unspecified atom stereocenters. The van der Waals surface area contributed by atoms with E-state index in [-0.39, 0.29) is 11.8 Å². The molecule has 2 N–H and O–H groups in total. The molecule has 3 rings (SSSR count). The molecule has 2 aliphatic heterocycles. The third-order valence-electron chi connectivity index (χ3n) is 3.95. The number of carboxylic acid groups (broad SMARTS) is 1. The zero-order valence-electron chi connectivity index (χ0n) is 10.5. The second-order valence-electron chi connectivity index (χ2n) is 5.05. The van der Waals surface area contributed by atoms with Crippen molar-refractivity contribution < 1.29 is 14.7 Å². The molecule has 0 radical (unpaired) electrons. The van der Waals surface area contributed by atoms with Crippen LogP contribution in [0.4, 0.5) is 5.69 Å². The summed E-state index contributed by atoms with van der Waals surface area (Å²) in [7, 11) is 0. The van der Waals surface area contributed by atoms with Gasteiger partial charge in [0, 0.05) is 18.8 Å². The van der Waals surface area contributed by atoms with Crippen molar-refractivity contribution in [1.29, 1.82) is 0 Å². The largest absolute Gasteiger partial charge is 0.480 e. The van der Waals surface area contributed by atoms with Crippen LogP contribution >= 0.6 is 0 Å². The van der Waals surface area contributed by atoms with E-state index in [2.05, 4.69) is 5.32 Å². The highest BCUT2D eigenvalue weighted by Gasteiger charge is 2.39. The van der Waals surface area contributed by atoms with Crippen molar-refractivity contribution in [2.75, 3.05) is 18.4 Å². The Kier molecular flexibility index (Phi) is 2.89. The quantitative estimate of drug-likeness (QED) is 0.840. The monoisotopic (exact) mass is 260 g/mol. The molecule has 0 saturated carbocycles. The van der Waals surface area contributed by atoms with Crippen LogP contribution in [0, 0.1) is 0 Å². The molecule has 0 spiro atoms. The molecule has 100 valence electrons. The second-order valence-corrected chi connectivity index (χ2v) is 5.05. The van der Waals surface area contributed by atoms with Gasteiger partial charge < -0.3 is 15.3 Å². The Bertz CT molecular complexity index is 529. The van der Waals surface area contributed by atoms with Gasteiger partial charge in [-0.05, 0) is 24.5 Å². The number of carbonyl (C=O) groups is 2. The fourth-order valence-electron chi connectivity index (χ4n) is 2.99. The summed E-state index contributed by atoms with van der Waals surface area (Å²) in [6.45, 7) is 1.11. The van der Waals surface area contributed by atoms with Gasteiger partial charge in [-0.15, -0.1) is 0 Å². The Labute approximate surface area is 111 Å². The smallest absolute Gasteiger partial charge is 0.326 e. The number of fused-ring (bicyclic) bond motifs is 1. The molecule has 0 aliphatic carbocycles. The van der Waals surface area contributed by atoms with Crippen molar-refractivity contribution in [3.8, 4) is 0 Å². The van der Waals surface area contributed by atoms with Gasteiger partial charge in [0.1, 0.15) is 6.04 Å². The molecule has 1 aromatic rings. The average Bonchev–Trinajstić information content (AvgIpc) is 3.05. The first-order chi connectivity index (χ1) is 9.18. The third kappa shape index (κ3) is 1.95. The molecule has 19 heavy (non-hydrogen) atoms. The Balaban J connectivity index is 1.84. The summed E-state index contributed by atoms with van der Waals surface area (Å²) in [6, 6.07) is 7.06. The van der Waals surface area contributed by atoms with Crippen molar-refractivity contribution in [2.24, 2.45) is 0 Å². The Morgan fingerprint density at radius 1 is 1.32 bits per heavy atom. The second kappa shape index (κ2) is 4.57. The fourth-order valence-corrected chi connectivity index (χ4v) is 2.99. The molecule has 1 amide bonds. The predicted octanol–water partition coefficient (Wildman–Crippen LogP) is 1.27. The number of hydrogen-bond donors (Lipinski definition) is 2. The van der Waals surface area contributed by atoms with Crippen molar-refractivity contribution >= 4 is 17.6 Å². The van der Waals surface area contributed by atoms with E-state index < -0.39 is 12.0 Å². The molecule has 5 nitrogen and oxygen atoms in total. The molecule has 2 heterocycles. The summed E-state index contributed by atoms with van der Waals surface area (Å²) < 4.78 is 0. The number of nitrogens with one attached hydrogen (secondary N) is 1. The summed E-state index contributed by atoms with van der Waals surface area (Å²) in [6.07, 6.45) is 1.33. The number of likely N-dealkylation sites (tertiary alicyclic amines) is 1. The molecule has 2 atom stereocenters. The molecule has 0 bridgehead atoms. The molecular formula is C14H16N2O3. The van der Waals surface area contributed by atoms with Gasteiger partial charge in [-0.2, -0.15) is 0 Å². The average molecular weight is 260 g/mol. The van der Waals surface area contributed by atoms with Crippen molar-refractivity contribution in [3.05, 3.63) is 29.8 Å². The van der Waals surface area contributed by atoms with Crippen molar-refractivity contribution in [1.82, 2.24) is 4.90 Å². The number of anilines is 1. The van der Waals surface area contributed by atoms with Crippen LogP contribution < -0.4 is 5.32 Å². The van der Waals surface area contributed by atoms with Crippen LogP contribution in [0.5, 0.6) is 0 Å². The highest BCUT2D eigenvalue weighted by atomic mass is 16.4. The van der Waals surface area contributed by atoms with E-state index in [0.717, 1.165) is 17.7 Å². The van der Waals surface area contributed by atoms with Gasteiger partial charge in [-0.1, -0.05) is 18.2 Å². The lowest BCUT2D eigenvalue weighted by Crippen LogP contribution is -2.43. The minimum atomic E-state index is -0.898. The first-order valence-corrected chi connectivity index (χ1v) is 6.54. The van der Waals surface area contributed by atoms with Gasteiger partial charge in [0.2, 0.25) is 5.91 Å². The van der Waals surface area contributed by atoms with Crippen molar-refractivity contribution in [2.45, 2.75) is 24.8 Å². The first kappa shape index (κ1) is 12.0. The van der Waals surface area contributed by atoms with E-state index in [1.165, 1.54) is 4.90 Å². The number of rotatable bonds is 2. The lowest BCUT2D eigenvalue weighted by Gasteiger charge is -2.24. The SMILES string of the molecule is O=C(O)[C@H]1CCCN1C(=O)C1CNc2ccccc21. The van der Waals surface area contributed by atoms with Gasteiger partial charge in [0.25, 0.3) is 0 Å². The fraction of sp³-hybridized carbons (Fsp3) is 0.429. The summed E-state index contributed by atoms with van der Waals surface area (Å²) in [4.78, 5) is 25.2.